The summed E-state index contributed by atoms with van der Waals surface area (Å²) in [6.07, 6.45) is 3.46. The molecule has 1 aromatic heterocycles. The van der Waals surface area contributed by atoms with Crippen molar-refractivity contribution in [1.82, 2.24) is 9.88 Å². The summed E-state index contributed by atoms with van der Waals surface area (Å²) in [5.74, 6) is -1.09. The molecule has 2 heterocycles. The molecule has 5 nitrogen and oxygen atoms in total. The van der Waals surface area contributed by atoms with Gasteiger partial charge in [-0.05, 0) is 54.8 Å². The predicted octanol–water partition coefficient (Wildman–Crippen LogP) is 4.50. The molecule has 1 fully saturated rings. The molecule has 1 aliphatic heterocycles. The smallest absolute Gasteiger partial charge is 0.253 e. The van der Waals surface area contributed by atoms with Crippen molar-refractivity contribution in [3.63, 3.8) is 0 Å². The molecule has 0 atom stereocenters. The van der Waals surface area contributed by atoms with Crippen LogP contribution >= 0.6 is 11.3 Å². The van der Waals surface area contributed by atoms with Crippen molar-refractivity contribution >= 4 is 28.3 Å². The van der Waals surface area contributed by atoms with Crippen LogP contribution in [0, 0.1) is 17.6 Å². The number of piperidine rings is 1. The minimum atomic E-state index is -0.380. The molecule has 0 spiro atoms. The van der Waals surface area contributed by atoms with Gasteiger partial charge in [-0.3, -0.25) is 9.59 Å². The van der Waals surface area contributed by atoms with E-state index in [1.165, 1.54) is 47.7 Å². The monoisotopic (exact) mass is 441 g/mol. The largest absolute Gasteiger partial charge is 0.339 e. The van der Waals surface area contributed by atoms with Crippen LogP contribution in [0.5, 0.6) is 0 Å². The van der Waals surface area contributed by atoms with Gasteiger partial charge in [-0.15, -0.1) is 11.3 Å². The van der Waals surface area contributed by atoms with Crippen LogP contribution in [-0.4, -0.2) is 34.8 Å². The first-order chi connectivity index (χ1) is 15.0. The summed E-state index contributed by atoms with van der Waals surface area (Å²) in [4.78, 5) is 32.1. The van der Waals surface area contributed by atoms with E-state index in [4.69, 9.17) is 0 Å². The van der Waals surface area contributed by atoms with Gasteiger partial charge in [0.1, 0.15) is 11.6 Å². The number of carbonyl (C=O) groups is 2. The highest BCUT2D eigenvalue weighted by Gasteiger charge is 2.28. The molecule has 4 rings (SSSR count). The van der Waals surface area contributed by atoms with Crippen molar-refractivity contribution in [1.29, 1.82) is 0 Å². The van der Waals surface area contributed by atoms with Crippen LogP contribution in [0.4, 0.5) is 13.9 Å². The van der Waals surface area contributed by atoms with E-state index in [0.29, 0.717) is 43.0 Å². The number of carbonyl (C=O) groups excluding carboxylic acids is 2. The van der Waals surface area contributed by atoms with Crippen molar-refractivity contribution in [2.24, 2.45) is 5.92 Å². The molecule has 0 saturated carbocycles. The number of aromatic nitrogens is 1. The van der Waals surface area contributed by atoms with Gasteiger partial charge in [-0.25, -0.2) is 13.8 Å². The Labute approximate surface area is 182 Å². The van der Waals surface area contributed by atoms with Gasteiger partial charge in [0.15, 0.2) is 5.13 Å². The number of hydrogen-bond donors (Lipinski definition) is 1. The molecule has 8 heteroatoms. The van der Waals surface area contributed by atoms with Crippen molar-refractivity contribution in [2.75, 3.05) is 18.4 Å². The molecule has 160 valence electrons. The molecule has 31 heavy (non-hydrogen) atoms. The molecule has 2 amide bonds. The Morgan fingerprint density at radius 3 is 2.26 bits per heavy atom. The van der Waals surface area contributed by atoms with Gasteiger partial charge in [-0.1, -0.05) is 12.1 Å². The van der Waals surface area contributed by atoms with E-state index in [9.17, 15) is 18.4 Å². The van der Waals surface area contributed by atoms with E-state index in [2.05, 4.69) is 10.3 Å². The highest BCUT2D eigenvalue weighted by atomic mass is 32.1. The number of nitrogens with one attached hydrogen (secondary N) is 1. The summed E-state index contributed by atoms with van der Waals surface area (Å²) >= 11 is 1.40. The van der Waals surface area contributed by atoms with E-state index < -0.39 is 0 Å². The molecule has 1 saturated heterocycles. The first-order valence-corrected chi connectivity index (χ1v) is 10.8. The van der Waals surface area contributed by atoms with Crippen LogP contribution in [0.1, 0.15) is 33.6 Å². The lowest BCUT2D eigenvalue weighted by Crippen LogP contribution is -2.41. The molecule has 0 unspecified atom stereocenters. The zero-order valence-electron chi connectivity index (χ0n) is 16.7. The lowest BCUT2D eigenvalue weighted by atomic mass is 9.95. The number of rotatable bonds is 5. The number of benzene rings is 2. The quantitative estimate of drug-likeness (QED) is 0.634. The highest BCUT2D eigenvalue weighted by molar-refractivity contribution is 7.15. The summed E-state index contributed by atoms with van der Waals surface area (Å²) in [7, 11) is 0. The maximum Gasteiger partial charge on any atom is 0.253 e. The molecule has 0 radical (unpaired) electrons. The fourth-order valence-corrected chi connectivity index (χ4v) is 4.43. The number of amides is 2. The molecular formula is C23H21F2N3O2S. The van der Waals surface area contributed by atoms with Crippen LogP contribution in [-0.2, 0) is 11.2 Å². The second kappa shape index (κ2) is 9.34. The van der Waals surface area contributed by atoms with Crippen molar-refractivity contribution in [2.45, 2.75) is 19.3 Å². The standard InChI is InChI=1S/C23H21F2N3O2S/c24-18-5-1-15(2-6-18)13-20-14-26-23(31-20)27-21(29)16-9-11-28(12-10-16)22(30)17-3-7-19(25)8-4-17/h1-8,14,16H,9-13H2,(H,26,27,29). The first kappa shape index (κ1) is 21.1. The average Bonchev–Trinajstić information content (AvgIpc) is 3.22. The molecule has 1 N–H and O–H groups in total. The summed E-state index contributed by atoms with van der Waals surface area (Å²) in [6, 6.07) is 11.8. The first-order valence-electron chi connectivity index (χ1n) is 10.0. The summed E-state index contributed by atoms with van der Waals surface area (Å²) in [6.45, 7) is 0.948. The minimum Gasteiger partial charge on any atom is -0.339 e. The number of anilines is 1. The van der Waals surface area contributed by atoms with Gasteiger partial charge >= 0.3 is 0 Å². The Balaban J connectivity index is 1.28. The topological polar surface area (TPSA) is 62.3 Å². The molecule has 2 aromatic carbocycles. The second-order valence-electron chi connectivity index (χ2n) is 7.50. The Bertz CT molecular complexity index is 1060. The van der Waals surface area contributed by atoms with Crippen LogP contribution < -0.4 is 5.32 Å². The fraction of sp³-hybridized carbons (Fsp3) is 0.261. The third kappa shape index (κ3) is 5.32. The third-order valence-corrected chi connectivity index (χ3v) is 6.23. The zero-order valence-corrected chi connectivity index (χ0v) is 17.5. The zero-order chi connectivity index (χ0) is 21.8. The molecular weight excluding hydrogens is 420 g/mol. The lowest BCUT2D eigenvalue weighted by Gasteiger charge is -2.31. The number of likely N-dealkylation sites (tertiary alicyclic amines) is 1. The van der Waals surface area contributed by atoms with E-state index in [0.717, 1.165) is 10.4 Å². The van der Waals surface area contributed by atoms with E-state index in [1.807, 2.05) is 0 Å². The molecule has 0 aliphatic carbocycles. The van der Waals surface area contributed by atoms with E-state index in [-0.39, 0.29) is 29.4 Å². The van der Waals surface area contributed by atoms with Gasteiger partial charge < -0.3 is 10.2 Å². The Hall–Kier alpha value is -3.13. The van der Waals surface area contributed by atoms with Gasteiger partial charge in [0.25, 0.3) is 5.91 Å². The Kier molecular flexibility index (Phi) is 6.36. The number of hydrogen-bond acceptors (Lipinski definition) is 4. The lowest BCUT2D eigenvalue weighted by molar-refractivity contribution is -0.121. The number of thiazole rings is 1. The van der Waals surface area contributed by atoms with Gasteiger partial charge in [0.2, 0.25) is 5.91 Å². The molecule has 0 bridgehead atoms. The highest BCUT2D eigenvalue weighted by Crippen LogP contribution is 2.25. The van der Waals surface area contributed by atoms with Gasteiger partial charge in [-0.2, -0.15) is 0 Å². The van der Waals surface area contributed by atoms with Gasteiger partial charge in [0.05, 0.1) is 0 Å². The Morgan fingerprint density at radius 1 is 1.00 bits per heavy atom. The summed E-state index contributed by atoms with van der Waals surface area (Å²) < 4.78 is 26.1. The van der Waals surface area contributed by atoms with Crippen molar-refractivity contribution < 1.29 is 18.4 Å². The predicted molar refractivity (Wildman–Crippen MR) is 115 cm³/mol. The van der Waals surface area contributed by atoms with Crippen molar-refractivity contribution in [3.8, 4) is 0 Å². The van der Waals surface area contributed by atoms with Crippen LogP contribution in [0.3, 0.4) is 0 Å². The van der Waals surface area contributed by atoms with Gasteiger partial charge in [0, 0.05) is 42.1 Å². The number of halogens is 2. The maximum atomic E-state index is 13.0. The fourth-order valence-electron chi connectivity index (χ4n) is 3.58. The normalized spacial score (nSPS) is 14.5. The second-order valence-corrected chi connectivity index (χ2v) is 8.61. The number of nitrogens with zero attached hydrogens (tertiary/aromatic N) is 2. The minimum absolute atomic E-state index is 0.100. The molecule has 1 aliphatic rings. The SMILES string of the molecule is O=C(Nc1ncc(Cc2ccc(F)cc2)s1)C1CCN(C(=O)c2ccc(F)cc2)CC1. The third-order valence-electron chi connectivity index (χ3n) is 5.32. The van der Waals surface area contributed by atoms with Crippen LogP contribution in [0.25, 0.3) is 0 Å². The summed E-state index contributed by atoms with van der Waals surface area (Å²) in [5, 5.41) is 3.41. The summed E-state index contributed by atoms with van der Waals surface area (Å²) in [5.41, 5.74) is 1.42. The van der Waals surface area contributed by atoms with E-state index >= 15 is 0 Å². The Morgan fingerprint density at radius 2 is 1.61 bits per heavy atom. The van der Waals surface area contributed by atoms with Crippen molar-refractivity contribution in [3.05, 3.63) is 82.4 Å². The van der Waals surface area contributed by atoms with E-state index in [1.54, 1.807) is 23.2 Å². The molecule has 3 aromatic rings. The average molecular weight is 442 g/mol. The maximum absolute atomic E-state index is 13.0. The van der Waals surface area contributed by atoms with Crippen LogP contribution in [0.15, 0.2) is 54.7 Å². The van der Waals surface area contributed by atoms with Crippen LogP contribution in [0.2, 0.25) is 0 Å².